The van der Waals surface area contributed by atoms with Crippen molar-refractivity contribution in [3.8, 4) is 0 Å². The quantitative estimate of drug-likeness (QED) is 0.693. The largest absolute Gasteiger partial charge is 0.352 e. The average molecular weight is 196 g/mol. The monoisotopic (exact) mass is 196 g/mol. The Balaban J connectivity index is 1.83. The molecule has 0 aliphatic heterocycles. The molecule has 0 heterocycles. The van der Waals surface area contributed by atoms with Crippen molar-refractivity contribution in [2.24, 2.45) is 17.1 Å². The smallest absolute Gasteiger partial charge is 0.223 e. The number of rotatable bonds is 2. The summed E-state index contributed by atoms with van der Waals surface area (Å²) in [6, 6.07) is 0.541. The number of hydrogen-bond donors (Lipinski definition) is 2. The first-order valence-corrected chi connectivity index (χ1v) is 5.58. The molecule has 2 rings (SSSR count). The lowest BCUT2D eigenvalue weighted by atomic mass is 9.63. The highest BCUT2D eigenvalue weighted by Crippen LogP contribution is 2.39. The Morgan fingerprint density at radius 2 is 2.07 bits per heavy atom. The molecule has 0 radical (unpaired) electrons. The van der Waals surface area contributed by atoms with E-state index in [-0.39, 0.29) is 17.4 Å². The number of nitrogens with two attached hydrogens (primary N) is 1. The van der Waals surface area contributed by atoms with Gasteiger partial charge in [-0.2, -0.15) is 0 Å². The maximum atomic E-state index is 11.7. The van der Waals surface area contributed by atoms with E-state index in [4.69, 9.17) is 5.73 Å². The summed E-state index contributed by atoms with van der Waals surface area (Å²) in [6.07, 6.45) is 4.30. The summed E-state index contributed by atoms with van der Waals surface area (Å²) >= 11 is 0. The van der Waals surface area contributed by atoms with Crippen LogP contribution >= 0.6 is 0 Å². The van der Waals surface area contributed by atoms with Crippen LogP contribution in [0.2, 0.25) is 0 Å². The lowest BCUT2D eigenvalue weighted by molar-refractivity contribution is -0.130. The van der Waals surface area contributed by atoms with Gasteiger partial charge in [-0.3, -0.25) is 4.79 Å². The highest BCUT2D eigenvalue weighted by Gasteiger charge is 2.47. The van der Waals surface area contributed by atoms with Gasteiger partial charge >= 0.3 is 0 Å². The fourth-order valence-electron chi connectivity index (χ4n) is 2.16. The summed E-state index contributed by atoms with van der Waals surface area (Å²) < 4.78 is 0. The second kappa shape index (κ2) is 3.23. The van der Waals surface area contributed by atoms with E-state index in [9.17, 15) is 4.79 Å². The molecule has 3 N–H and O–H groups in total. The van der Waals surface area contributed by atoms with Gasteiger partial charge in [-0.1, -0.05) is 20.3 Å². The summed E-state index contributed by atoms with van der Waals surface area (Å²) in [7, 11) is 0. The molecular formula is C11H20N2O. The Kier molecular flexibility index (Phi) is 2.30. The van der Waals surface area contributed by atoms with E-state index >= 15 is 0 Å². The minimum atomic E-state index is 0.0827. The van der Waals surface area contributed by atoms with Crippen LogP contribution in [0.15, 0.2) is 0 Å². The molecule has 0 spiro atoms. The summed E-state index contributed by atoms with van der Waals surface area (Å²) in [4.78, 5) is 11.7. The Morgan fingerprint density at radius 1 is 1.43 bits per heavy atom. The van der Waals surface area contributed by atoms with Gasteiger partial charge in [0.15, 0.2) is 0 Å². The van der Waals surface area contributed by atoms with E-state index in [0.29, 0.717) is 12.0 Å². The first-order chi connectivity index (χ1) is 6.51. The fraction of sp³-hybridized carbons (Fsp3) is 0.909. The maximum Gasteiger partial charge on any atom is 0.223 e. The van der Waals surface area contributed by atoms with Gasteiger partial charge in [-0.05, 0) is 19.3 Å². The van der Waals surface area contributed by atoms with Gasteiger partial charge in [-0.25, -0.2) is 0 Å². The van der Waals surface area contributed by atoms with E-state index < -0.39 is 0 Å². The average Bonchev–Trinajstić information content (AvgIpc) is 2.00. The van der Waals surface area contributed by atoms with Crippen LogP contribution in [-0.4, -0.2) is 18.0 Å². The molecule has 0 aromatic heterocycles. The zero-order valence-corrected chi connectivity index (χ0v) is 9.05. The van der Waals surface area contributed by atoms with Crippen LogP contribution in [0.5, 0.6) is 0 Å². The van der Waals surface area contributed by atoms with Gasteiger partial charge in [0.2, 0.25) is 5.91 Å². The Morgan fingerprint density at radius 3 is 2.43 bits per heavy atom. The van der Waals surface area contributed by atoms with Crippen molar-refractivity contribution in [2.75, 3.05) is 0 Å². The number of carbonyl (C=O) groups is 1. The second-order valence-electron chi connectivity index (χ2n) is 5.35. The zero-order valence-electron chi connectivity index (χ0n) is 9.05. The lowest BCUT2D eigenvalue weighted by Crippen LogP contribution is -2.65. The third-order valence-electron chi connectivity index (χ3n) is 4.14. The van der Waals surface area contributed by atoms with Crippen molar-refractivity contribution in [1.82, 2.24) is 5.32 Å². The van der Waals surface area contributed by atoms with Crippen molar-refractivity contribution in [2.45, 2.75) is 51.6 Å². The maximum absolute atomic E-state index is 11.7. The molecule has 14 heavy (non-hydrogen) atoms. The van der Waals surface area contributed by atoms with Crippen molar-refractivity contribution >= 4 is 5.91 Å². The molecule has 2 unspecified atom stereocenters. The van der Waals surface area contributed by atoms with E-state index in [1.165, 1.54) is 6.42 Å². The minimum absolute atomic E-state index is 0.0827. The van der Waals surface area contributed by atoms with Crippen LogP contribution < -0.4 is 11.1 Å². The molecule has 2 aliphatic rings. The standard InChI is InChI=1S/C11H20N2O/c1-11(2)8(12)6-9(11)13-10(14)7-4-3-5-7/h7-9H,3-6,12H2,1-2H3,(H,13,14). The van der Waals surface area contributed by atoms with E-state index in [1.54, 1.807) is 0 Å². The first kappa shape index (κ1) is 9.97. The fourth-order valence-corrected chi connectivity index (χ4v) is 2.16. The topological polar surface area (TPSA) is 55.1 Å². The number of nitrogens with one attached hydrogen (secondary N) is 1. The van der Waals surface area contributed by atoms with E-state index in [1.807, 2.05) is 0 Å². The molecule has 2 fully saturated rings. The van der Waals surface area contributed by atoms with Crippen LogP contribution in [0, 0.1) is 11.3 Å². The lowest BCUT2D eigenvalue weighted by Gasteiger charge is -2.51. The van der Waals surface area contributed by atoms with Gasteiger partial charge in [0.05, 0.1) is 0 Å². The normalized spacial score (nSPS) is 35.6. The SMILES string of the molecule is CC1(C)C(N)CC1NC(=O)C1CCC1. The highest BCUT2D eigenvalue weighted by molar-refractivity contribution is 5.79. The number of carbonyl (C=O) groups excluding carboxylic acids is 1. The molecule has 2 aliphatic carbocycles. The summed E-state index contributed by atoms with van der Waals surface area (Å²) in [5.74, 6) is 0.545. The third kappa shape index (κ3) is 1.44. The van der Waals surface area contributed by atoms with Crippen LogP contribution in [0.4, 0.5) is 0 Å². The molecule has 0 bridgehead atoms. The molecule has 0 aromatic carbocycles. The number of amides is 1. The minimum Gasteiger partial charge on any atom is -0.352 e. The van der Waals surface area contributed by atoms with Gasteiger partial charge in [0, 0.05) is 23.4 Å². The van der Waals surface area contributed by atoms with Crippen LogP contribution in [0.3, 0.4) is 0 Å². The summed E-state index contributed by atoms with van der Waals surface area (Å²) in [5.41, 5.74) is 5.98. The molecule has 1 amide bonds. The molecular weight excluding hydrogens is 176 g/mol. The predicted molar refractivity (Wildman–Crippen MR) is 55.6 cm³/mol. The summed E-state index contributed by atoms with van der Waals surface area (Å²) in [6.45, 7) is 4.26. The van der Waals surface area contributed by atoms with E-state index in [0.717, 1.165) is 19.3 Å². The predicted octanol–water partition coefficient (Wildman–Crippen LogP) is 1.03. The van der Waals surface area contributed by atoms with Crippen molar-refractivity contribution in [1.29, 1.82) is 0 Å². The van der Waals surface area contributed by atoms with Crippen molar-refractivity contribution in [3.05, 3.63) is 0 Å². The Labute approximate surface area is 85.4 Å². The molecule has 0 saturated heterocycles. The highest BCUT2D eigenvalue weighted by atomic mass is 16.2. The molecule has 0 aromatic rings. The van der Waals surface area contributed by atoms with Gasteiger partial charge < -0.3 is 11.1 Å². The van der Waals surface area contributed by atoms with Crippen molar-refractivity contribution < 1.29 is 4.79 Å². The van der Waals surface area contributed by atoms with Gasteiger partial charge in [0.25, 0.3) is 0 Å². The zero-order chi connectivity index (χ0) is 10.3. The number of hydrogen-bond acceptors (Lipinski definition) is 2. The third-order valence-corrected chi connectivity index (χ3v) is 4.14. The Hall–Kier alpha value is -0.570. The van der Waals surface area contributed by atoms with Crippen LogP contribution in [0.1, 0.15) is 39.5 Å². The van der Waals surface area contributed by atoms with Gasteiger partial charge in [0.1, 0.15) is 0 Å². The molecule has 3 nitrogen and oxygen atoms in total. The van der Waals surface area contributed by atoms with Crippen molar-refractivity contribution in [3.63, 3.8) is 0 Å². The molecule has 80 valence electrons. The summed E-state index contributed by atoms with van der Waals surface area (Å²) in [5, 5.41) is 3.12. The van der Waals surface area contributed by atoms with Crippen LogP contribution in [-0.2, 0) is 4.79 Å². The Bertz CT molecular complexity index is 246. The van der Waals surface area contributed by atoms with E-state index in [2.05, 4.69) is 19.2 Å². The molecule has 2 saturated carbocycles. The molecule has 3 heteroatoms. The molecule has 2 atom stereocenters. The van der Waals surface area contributed by atoms with Crippen LogP contribution in [0.25, 0.3) is 0 Å². The van der Waals surface area contributed by atoms with Gasteiger partial charge in [-0.15, -0.1) is 0 Å². The first-order valence-electron chi connectivity index (χ1n) is 5.58. The second-order valence-corrected chi connectivity index (χ2v) is 5.35.